The molecule has 4 nitrogen and oxygen atoms in total. The molecule has 1 aromatic heterocycles. The van der Waals surface area contributed by atoms with Crippen molar-refractivity contribution in [1.82, 2.24) is 4.98 Å². The number of nitrogens with zero attached hydrogens (tertiary/aromatic N) is 1. The van der Waals surface area contributed by atoms with Gasteiger partial charge in [-0.1, -0.05) is 12.1 Å². The number of anilines is 2. The van der Waals surface area contributed by atoms with Crippen molar-refractivity contribution in [3.8, 4) is 0 Å². The van der Waals surface area contributed by atoms with E-state index in [2.05, 4.69) is 15.6 Å². The third kappa shape index (κ3) is 3.35. The zero-order valence-electron chi connectivity index (χ0n) is 12.0. The molecule has 1 aromatic carbocycles. The van der Waals surface area contributed by atoms with Crippen LogP contribution in [0.15, 0.2) is 42.6 Å². The number of aryl methyl sites for hydroxylation is 1. The Labute approximate surface area is 119 Å². The highest BCUT2D eigenvalue weighted by atomic mass is 16.1. The molecule has 0 saturated carbocycles. The summed E-state index contributed by atoms with van der Waals surface area (Å²) in [7, 11) is 0. The Morgan fingerprint density at radius 1 is 1.10 bits per heavy atom. The summed E-state index contributed by atoms with van der Waals surface area (Å²) in [6.07, 6.45) is 1.71. The fraction of sp³-hybridized carbons (Fsp3) is 0.250. The van der Waals surface area contributed by atoms with Gasteiger partial charge in [-0.05, 0) is 45.0 Å². The standard InChI is InChI=1S/C16H19N3O/c1-11(2)18-15-8-5-4-7-13(15)16(20)19-14-9-6-10-17-12(14)3/h4-11,18H,1-3H3,(H,19,20). The summed E-state index contributed by atoms with van der Waals surface area (Å²) in [5, 5.41) is 6.18. The van der Waals surface area contributed by atoms with Crippen LogP contribution in [-0.4, -0.2) is 16.9 Å². The molecule has 0 unspecified atom stereocenters. The number of aromatic nitrogens is 1. The summed E-state index contributed by atoms with van der Waals surface area (Å²) in [4.78, 5) is 16.6. The molecule has 0 aliphatic heterocycles. The van der Waals surface area contributed by atoms with Crippen LogP contribution in [0.25, 0.3) is 0 Å². The van der Waals surface area contributed by atoms with Crippen molar-refractivity contribution in [3.05, 3.63) is 53.9 Å². The predicted octanol–water partition coefficient (Wildman–Crippen LogP) is 3.46. The predicted molar refractivity (Wildman–Crippen MR) is 82.1 cm³/mol. The minimum Gasteiger partial charge on any atom is -0.382 e. The van der Waals surface area contributed by atoms with Crippen LogP contribution in [-0.2, 0) is 0 Å². The smallest absolute Gasteiger partial charge is 0.257 e. The van der Waals surface area contributed by atoms with Crippen LogP contribution in [0.5, 0.6) is 0 Å². The molecule has 2 aromatic rings. The summed E-state index contributed by atoms with van der Waals surface area (Å²) >= 11 is 0. The van der Waals surface area contributed by atoms with E-state index in [0.717, 1.165) is 17.1 Å². The molecule has 0 bridgehead atoms. The minimum absolute atomic E-state index is 0.134. The van der Waals surface area contributed by atoms with Gasteiger partial charge < -0.3 is 10.6 Å². The van der Waals surface area contributed by atoms with Gasteiger partial charge in [0, 0.05) is 17.9 Å². The molecule has 4 heteroatoms. The lowest BCUT2D eigenvalue weighted by atomic mass is 10.1. The van der Waals surface area contributed by atoms with Crippen LogP contribution in [0.4, 0.5) is 11.4 Å². The molecule has 0 atom stereocenters. The highest BCUT2D eigenvalue weighted by Gasteiger charge is 2.12. The van der Waals surface area contributed by atoms with E-state index >= 15 is 0 Å². The molecule has 0 aliphatic rings. The van der Waals surface area contributed by atoms with Crippen LogP contribution >= 0.6 is 0 Å². The molecule has 1 amide bonds. The summed E-state index contributed by atoms with van der Waals surface area (Å²) < 4.78 is 0. The second-order valence-corrected chi connectivity index (χ2v) is 4.94. The quantitative estimate of drug-likeness (QED) is 0.893. The van der Waals surface area contributed by atoms with Crippen molar-refractivity contribution < 1.29 is 4.79 Å². The van der Waals surface area contributed by atoms with Gasteiger partial charge in [-0.2, -0.15) is 0 Å². The monoisotopic (exact) mass is 269 g/mol. The Morgan fingerprint density at radius 3 is 2.50 bits per heavy atom. The van der Waals surface area contributed by atoms with Crippen LogP contribution < -0.4 is 10.6 Å². The Hall–Kier alpha value is -2.36. The first kappa shape index (κ1) is 14.1. The fourth-order valence-electron chi connectivity index (χ4n) is 1.92. The highest BCUT2D eigenvalue weighted by molar-refractivity contribution is 6.08. The van der Waals surface area contributed by atoms with Gasteiger partial charge >= 0.3 is 0 Å². The Balaban J connectivity index is 2.23. The second-order valence-electron chi connectivity index (χ2n) is 4.94. The average Bonchev–Trinajstić information content (AvgIpc) is 2.41. The third-order valence-corrected chi connectivity index (χ3v) is 2.87. The lowest BCUT2D eigenvalue weighted by Crippen LogP contribution is -2.18. The molecule has 0 saturated heterocycles. The first-order valence-corrected chi connectivity index (χ1v) is 6.66. The lowest BCUT2D eigenvalue weighted by molar-refractivity contribution is 0.102. The number of hydrogen-bond acceptors (Lipinski definition) is 3. The van der Waals surface area contributed by atoms with Gasteiger partial charge in [-0.15, -0.1) is 0 Å². The second kappa shape index (κ2) is 6.19. The zero-order valence-corrected chi connectivity index (χ0v) is 12.0. The van der Waals surface area contributed by atoms with Gasteiger partial charge in [0.2, 0.25) is 0 Å². The third-order valence-electron chi connectivity index (χ3n) is 2.87. The maximum atomic E-state index is 12.4. The van der Waals surface area contributed by atoms with Gasteiger partial charge in [0.05, 0.1) is 16.9 Å². The normalized spacial score (nSPS) is 10.4. The number of rotatable bonds is 4. The summed E-state index contributed by atoms with van der Waals surface area (Å²) in [5.41, 5.74) is 3.00. The van der Waals surface area contributed by atoms with Crippen LogP contribution in [0.2, 0.25) is 0 Å². The Kier molecular flexibility index (Phi) is 4.35. The van der Waals surface area contributed by atoms with Crippen LogP contribution in [0, 0.1) is 6.92 Å². The van der Waals surface area contributed by atoms with Gasteiger partial charge in [-0.25, -0.2) is 0 Å². The van der Waals surface area contributed by atoms with Crippen LogP contribution in [0.1, 0.15) is 29.9 Å². The molecule has 0 radical (unpaired) electrons. The van der Waals surface area contributed by atoms with E-state index in [1.165, 1.54) is 0 Å². The van der Waals surface area contributed by atoms with Crippen molar-refractivity contribution in [3.63, 3.8) is 0 Å². The molecule has 20 heavy (non-hydrogen) atoms. The summed E-state index contributed by atoms with van der Waals surface area (Å²) in [6, 6.07) is 11.4. The lowest BCUT2D eigenvalue weighted by Gasteiger charge is -2.15. The van der Waals surface area contributed by atoms with E-state index in [9.17, 15) is 4.79 Å². The van der Waals surface area contributed by atoms with Crippen LogP contribution in [0.3, 0.4) is 0 Å². The first-order valence-electron chi connectivity index (χ1n) is 6.66. The number of benzene rings is 1. The fourth-order valence-corrected chi connectivity index (χ4v) is 1.92. The number of pyridine rings is 1. The summed E-state index contributed by atoms with van der Waals surface area (Å²) in [5.74, 6) is -0.134. The van der Waals surface area contributed by atoms with E-state index in [0.29, 0.717) is 5.56 Å². The van der Waals surface area contributed by atoms with Gasteiger partial charge in [0.1, 0.15) is 0 Å². The van der Waals surface area contributed by atoms with Crippen molar-refractivity contribution in [2.75, 3.05) is 10.6 Å². The van der Waals surface area contributed by atoms with Gasteiger partial charge in [-0.3, -0.25) is 9.78 Å². The molecule has 104 valence electrons. The van der Waals surface area contributed by atoms with Crippen molar-refractivity contribution in [2.24, 2.45) is 0 Å². The maximum Gasteiger partial charge on any atom is 0.257 e. The molecule has 1 heterocycles. The summed E-state index contributed by atoms with van der Waals surface area (Å²) in [6.45, 7) is 5.95. The van der Waals surface area contributed by atoms with Crippen molar-refractivity contribution in [2.45, 2.75) is 26.8 Å². The van der Waals surface area contributed by atoms with E-state index in [1.54, 1.807) is 12.3 Å². The SMILES string of the molecule is Cc1ncccc1NC(=O)c1ccccc1NC(C)C. The van der Waals surface area contributed by atoms with E-state index in [4.69, 9.17) is 0 Å². The molecule has 0 aliphatic carbocycles. The molecule has 0 fully saturated rings. The average molecular weight is 269 g/mol. The molecule has 0 spiro atoms. The Morgan fingerprint density at radius 2 is 1.80 bits per heavy atom. The topological polar surface area (TPSA) is 54.0 Å². The molecule has 2 rings (SSSR count). The molecular weight excluding hydrogens is 250 g/mol. The number of carbonyl (C=O) groups is 1. The largest absolute Gasteiger partial charge is 0.382 e. The van der Waals surface area contributed by atoms with Gasteiger partial charge in [0.15, 0.2) is 0 Å². The number of hydrogen-bond donors (Lipinski definition) is 2. The van der Waals surface area contributed by atoms with E-state index in [-0.39, 0.29) is 11.9 Å². The minimum atomic E-state index is -0.134. The van der Waals surface area contributed by atoms with Crippen molar-refractivity contribution in [1.29, 1.82) is 0 Å². The van der Waals surface area contributed by atoms with E-state index in [1.807, 2.05) is 51.1 Å². The number of para-hydroxylation sites is 1. The molecular formula is C16H19N3O. The maximum absolute atomic E-state index is 12.4. The van der Waals surface area contributed by atoms with E-state index < -0.39 is 0 Å². The van der Waals surface area contributed by atoms with Crippen molar-refractivity contribution >= 4 is 17.3 Å². The molecule has 2 N–H and O–H groups in total. The van der Waals surface area contributed by atoms with Gasteiger partial charge in [0.25, 0.3) is 5.91 Å². The number of amides is 1. The zero-order chi connectivity index (χ0) is 14.5. The Bertz CT molecular complexity index is 608. The number of carbonyl (C=O) groups excluding carboxylic acids is 1. The highest BCUT2D eigenvalue weighted by Crippen LogP contribution is 2.19. The first-order chi connectivity index (χ1) is 9.58. The number of nitrogens with one attached hydrogen (secondary N) is 2.